The molecule has 8 nitrogen and oxygen atoms in total. The SMILES string of the molecule is CC(C)=CCc1cc(C(=O)NC2=Cc3ccc(OC4CCN(C)CC4)c(C)c3OC2O)ccc1OCCN(C)C. The maximum Gasteiger partial charge on any atom is 0.255 e. The summed E-state index contributed by atoms with van der Waals surface area (Å²) in [5, 5.41) is 13.6. The number of allylic oxidation sites excluding steroid dienone is 2. The van der Waals surface area contributed by atoms with Crippen molar-refractivity contribution in [2.24, 2.45) is 0 Å². The Hall–Kier alpha value is -3.33. The van der Waals surface area contributed by atoms with Crippen LogP contribution < -0.4 is 19.5 Å². The number of hydrogen-bond acceptors (Lipinski definition) is 7. The molecule has 0 saturated carbocycles. The van der Waals surface area contributed by atoms with Gasteiger partial charge >= 0.3 is 0 Å². The average molecular weight is 550 g/mol. The average Bonchev–Trinajstić information content (AvgIpc) is 2.91. The summed E-state index contributed by atoms with van der Waals surface area (Å²) >= 11 is 0. The number of fused-ring (bicyclic) bond motifs is 1. The van der Waals surface area contributed by atoms with E-state index in [-0.39, 0.29) is 17.7 Å². The van der Waals surface area contributed by atoms with Crippen LogP contribution in [0.5, 0.6) is 17.2 Å². The van der Waals surface area contributed by atoms with Crippen molar-refractivity contribution in [1.82, 2.24) is 15.1 Å². The molecule has 40 heavy (non-hydrogen) atoms. The Labute approximate surface area is 238 Å². The highest BCUT2D eigenvalue weighted by Crippen LogP contribution is 2.37. The first kappa shape index (κ1) is 29.6. The van der Waals surface area contributed by atoms with Crippen LogP contribution in [0, 0.1) is 6.92 Å². The largest absolute Gasteiger partial charge is 0.492 e. The third-order valence-electron chi connectivity index (χ3n) is 7.26. The molecule has 4 rings (SSSR count). The minimum absolute atomic E-state index is 0.165. The number of aliphatic hydroxyl groups is 1. The number of likely N-dealkylation sites (N-methyl/N-ethyl adjacent to an activating group) is 1. The summed E-state index contributed by atoms with van der Waals surface area (Å²) in [6.45, 7) is 9.40. The van der Waals surface area contributed by atoms with Crippen LogP contribution in [0.2, 0.25) is 0 Å². The van der Waals surface area contributed by atoms with Crippen LogP contribution in [0.1, 0.15) is 53.7 Å². The van der Waals surface area contributed by atoms with Crippen molar-refractivity contribution in [1.29, 1.82) is 0 Å². The van der Waals surface area contributed by atoms with Crippen LogP contribution in [0.15, 0.2) is 47.7 Å². The number of rotatable bonds is 10. The van der Waals surface area contributed by atoms with Crippen molar-refractivity contribution in [3.8, 4) is 17.2 Å². The number of ether oxygens (including phenoxy) is 3. The lowest BCUT2D eigenvalue weighted by atomic mass is 10.0. The zero-order chi connectivity index (χ0) is 28.8. The first-order valence-corrected chi connectivity index (χ1v) is 14.0. The molecule has 8 heteroatoms. The summed E-state index contributed by atoms with van der Waals surface area (Å²) in [5.41, 5.74) is 4.51. The number of hydrogen-bond donors (Lipinski definition) is 2. The van der Waals surface area contributed by atoms with E-state index < -0.39 is 6.29 Å². The smallest absolute Gasteiger partial charge is 0.255 e. The van der Waals surface area contributed by atoms with Crippen LogP contribution in [-0.2, 0) is 6.42 Å². The van der Waals surface area contributed by atoms with E-state index in [1.165, 1.54) is 5.57 Å². The maximum absolute atomic E-state index is 13.2. The predicted octanol–water partition coefficient (Wildman–Crippen LogP) is 4.40. The van der Waals surface area contributed by atoms with Gasteiger partial charge in [0.05, 0.1) is 5.70 Å². The molecule has 2 aliphatic rings. The second-order valence-electron chi connectivity index (χ2n) is 11.2. The van der Waals surface area contributed by atoms with Gasteiger partial charge in [-0.3, -0.25) is 4.79 Å². The highest BCUT2D eigenvalue weighted by atomic mass is 16.6. The van der Waals surface area contributed by atoms with Crippen LogP contribution in [0.3, 0.4) is 0 Å². The van der Waals surface area contributed by atoms with E-state index >= 15 is 0 Å². The van der Waals surface area contributed by atoms with Crippen LogP contribution in [-0.4, -0.2) is 80.6 Å². The van der Waals surface area contributed by atoms with Gasteiger partial charge in [-0.1, -0.05) is 11.6 Å². The van der Waals surface area contributed by atoms with E-state index in [1.54, 1.807) is 12.1 Å². The van der Waals surface area contributed by atoms with E-state index in [1.807, 2.05) is 59.1 Å². The fourth-order valence-corrected chi connectivity index (χ4v) is 4.76. The molecule has 2 aromatic carbocycles. The number of nitrogens with one attached hydrogen (secondary N) is 1. The minimum Gasteiger partial charge on any atom is -0.492 e. The molecule has 1 unspecified atom stereocenters. The Kier molecular flexibility index (Phi) is 9.90. The maximum atomic E-state index is 13.2. The molecule has 2 aliphatic heterocycles. The lowest BCUT2D eigenvalue weighted by Crippen LogP contribution is -2.36. The van der Waals surface area contributed by atoms with Crippen molar-refractivity contribution in [2.45, 2.75) is 52.4 Å². The standard InChI is InChI=1S/C32H43N3O5/c1-21(2)7-8-23-19-25(10-12-29(23)38-18-17-34(4)5)31(36)33-27-20-24-9-11-28(22(3)30(24)40-32(27)37)39-26-13-15-35(6)16-14-26/h7,9-12,19-20,26,32,37H,8,13-18H2,1-6H3,(H,33,36). The third kappa shape index (κ3) is 7.65. The first-order chi connectivity index (χ1) is 19.1. The van der Waals surface area contributed by atoms with Gasteiger partial charge in [-0.05, 0) is 103 Å². The number of benzene rings is 2. The Morgan fingerprint density at radius 1 is 1.18 bits per heavy atom. The normalized spacial score (nSPS) is 17.5. The fraction of sp³-hybridized carbons (Fsp3) is 0.469. The molecule has 1 atom stereocenters. The molecular formula is C32H43N3O5. The highest BCUT2D eigenvalue weighted by Gasteiger charge is 2.27. The number of carbonyl (C=O) groups excluding carboxylic acids is 1. The van der Waals surface area contributed by atoms with Gasteiger partial charge in [-0.25, -0.2) is 0 Å². The van der Waals surface area contributed by atoms with Gasteiger partial charge in [-0.15, -0.1) is 0 Å². The summed E-state index contributed by atoms with van der Waals surface area (Å²) in [6, 6.07) is 9.27. The molecule has 0 aliphatic carbocycles. The van der Waals surface area contributed by atoms with Gasteiger partial charge in [0.2, 0.25) is 6.29 Å². The quantitative estimate of drug-likeness (QED) is 0.425. The number of likely N-dealkylation sites (tertiary alicyclic amines) is 1. The molecule has 2 N–H and O–H groups in total. The van der Waals surface area contributed by atoms with Gasteiger partial charge in [0.25, 0.3) is 5.91 Å². The number of piperidine rings is 1. The third-order valence-corrected chi connectivity index (χ3v) is 7.26. The molecule has 1 fully saturated rings. The number of carbonyl (C=O) groups is 1. The van der Waals surface area contributed by atoms with Crippen molar-refractivity contribution < 1.29 is 24.1 Å². The van der Waals surface area contributed by atoms with E-state index in [0.29, 0.717) is 24.3 Å². The molecule has 1 saturated heterocycles. The molecule has 2 heterocycles. The van der Waals surface area contributed by atoms with E-state index in [4.69, 9.17) is 14.2 Å². The first-order valence-electron chi connectivity index (χ1n) is 14.0. The van der Waals surface area contributed by atoms with Gasteiger partial charge in [0, 0.05) is 36.3 Å². The predicted molar refractivity (Wildman–Crippen MR) is 158 cm³/mol. The zero-order valence-electron chi connectivity index (χ0n) is 24.6. The Morgan fingerprint density at radius 2 is 1.90 bits per heavy atom. The molecule has 0 bridgehead atoms. The molecular weight excluding hydrogens is 506 g/mol. The number of amides is 1. The van der Waals surface area contributed by atoms with Gasteiger partial charge in [-0.2, -0.15) is 0 Å². The topological polar surface area (TPSA) is 83.5 Å². The Morgan fingerprint density at radius 3 is 2.60 bits per heavy atom. The second kappa shape index (κ2) is 13.4. The summed E-state index contributed by atoms with van der Waals surface area (Å²) in [5.74, 6) is 1.77. The zero-order valence-corrected chi connectivity index (χ0v) is 24.6. The lowest BCUT2D eigenvalue weighted by Gasteiger charge is -2.31. The number of nitrogens with zero attached hydrogens (tertiary/aromatic N) is 2. The molecule has 0 radical (unpaired) electrons. The molecule has 2 aromatic rings. The van der Waals surface area contributed by atoms with E-state index in [9.17, 15) is 9.90 Å². The molecule has 1 amide bonds. The van der Waals surface area contributed by atoms with Gasteiger partial charge in [0.1, 0.15) is 30.0 Å². The van der Waals surface area contributed by atoms with Crippen molar-refractivity contribution in [3.05, 3.63) is 69.9 Å². The second-order valence-corrected chi connectivity index (χ2v) is 11.2. The summed E-state index contributed by atoms with van der Waals surface area (Å²) in [6.07, 6.45) is 5.35. The van der Waals surface area contributed by atoms with Crippen molar-refractivity contribution in [2.75, 3.05) is 47.4 Å². The molecule has 0 aromatic heterocycles. The summed E-state index contributed by atoms with van der Waals surface area (Å²) in [7, 11) is 6.13. The summed E-state index contributed by atoms with van der Waals surface area (Å²) < 4.78 is 18.2. The van der Waals surface area contributed by atoms with Crippen molar-refractivity contribution >= 4 is 12.0 Å². The summed E-state index contributed by atoms with van der Waals surface area (Å²) in [4.78, 5) is 17.6. The molecule has 0 spiro atoms. The molecule has 216 valence electrons. The van der Waals surface area contributed by atoms with E-state index in [2.05, 4.69) is 28.2 Å². The van der Waals surface area contributed by atoms with Crippen LogP contribution in [0.4, 0.5) is 0 Å². The number of aliphatic hydroxyl groups excluding tert-OH is 1. The Bertz CT molecular complexity index is 1260. The van der Waals surface area contributed by atoms with Crippen LogP contribution >= 0.6 is 0 Å². The van der Waals surface area contributed by atoms with E-state index in [0.717, 1.165) is 60.7 Å². The monoisotopic (exact) mass is 549 g/mol. The van der Waals surface area contributed by atoms with Crippen LogP contribution in [0.25, 0.3) is 6.08 Å². The van der Waals surface area contributed by atoms with Crippen molar-refractivity contribution in [3.63, 3.8) is 0 Å². The van der Waals surface area contributed by atoms with Gasteiger partial charge < -0.3 is 34.4 Å². The van der Waals surface area contributed by atoms with Gasteiger partial charge in [0.15, 0.2) is 0 Å². The minimum atomic E-state index is -1.30. The fourth-order valence-electron chi connectivity index (χ4n) is 4.76. The Balaban J connectivity index is 1.49. The highest BCUT2D eigenvalue weighted by molar-refractivity contribution is 5.96. The lowest BCUT2D eigenvalue weighted by molar-refractivity contribution is 0.00667.